The molecular weight excluding hydrogens is 458 g/mol. The summed E-state index contributed by atoms with van der Waals surface area (Å²) in [6, 6.07) is 8.52. The highest BCUT2D eigenvalue weighted by Gasteiger charge is 2.39. The lowest BCUT2D eigenvalue weighted by Crippen LogP contribution is -2.51. The van der Waals surface area contributed by atoms with Gasteiger partial charge in [0, 0.05) is 19.2 Å². The molecule has 9 nitrogen and oxygen atoms in total. The summed E-state index contributed by atoms with van der Waals surface area (Å²) in [7, 11) is 4.42. The Balaban J connectivity index is 1.79. The summed E-state index contributed by atoms with van der Waals surface area (Å²) in [5, 5.41) is 14.2. The van der Waals surface area contributed by atoms with Crippen molar-refractivity contribution in [3.05, 3.63) is 40.1 Å². The summed E-state index contributed by atoms with van der Waals surface area (Å²) >= 11 is 1.25. The zero-order chi connectivity index (χ0) is 24.7. The monoisotopic (exact) mass is 485 g/mol. The first kappa shape index (κ1) is 25.1. The normalized spacial score (nSPS) is 14.4. The quantitative estimate of drug-likeness (QED) is 0.564. The highest BCUT2D eigenvalue weighted by Crippen LogP contribution is 2.35. The fourth-order valence-corrected chi connectivity index (χ4v) is 4.56. The maximum Gasteiger partial charge on any atom is 0.340 e. The van der Waals surface area contributed by atoms with E-state index in [1.165, 1.54) is 42.6 Å². The zero-order valence-corrected chi connectivity index (χ0v) is 20.2. The van der Waals surface area contributed by atoms with Crippen LogP contribution >= 0.6 is 11.3 Å². The summed E-state index contributed by atoms with van der Waals surface area (Å²) in [5.74, 6) is -1.12. The lowest BCUT2D eigenvalue weighted by atomic mass is 9.81. The molecule has 1 aliphatic rings. The summed E-state index contributed by atoms with van der Waals surface area (Å²) < 4.78 is 15.9. The van der Waals surface area contributed by atoms with Gasteiger partial charge in [0.25, 0.3) is 11.8 Å². The maximum atomic E-state index is 13.0. The number of nitriles is 1. The summed E-state index contributed by atoms with van der Waals surface area (Å²) in [6.07, 6.45) is 3.94. The minimum atomic E-state index is -0.884. The molecule has 0 saturated heterocycles. The molecule has 1 fully saturated rings. The van der Waals surface area contributed by atoms with Crippen molar-refractivity contribution in [1.82, 2.24) is 4.90 Å². The van der Waals surface area contributed by atoms with Crippen LogP contribution in [0.1, 0.15) is 52.1 Å². The maximum absolute atomic E-state index is 13.0. The molecule has 0 spiro atoms. The second-order valence-electron chi connectivity index (χ2n) is 7.92. The third-order valence-corrected chi connectivity index (χ3v) is 6.84. The Kier molecular flexibility index (Phi) is 8.12. The van der Waals surface area contributed by atoms with Gasteiger partial charge in [-0.25, -0.2) is 4.79 Å². The summed E-state index contributed by atoms with van der Waals surface area (Å²) in [4.78, 5) is 40.1. The van der Waals surface area contributed by atoms with Crippen LogP contribution in [0.3, 0.4) is 0 Å². The number of anilines is 1. The first-order valence-electron chi connectivity index (χ1n) is 10.8. The fourth-order valence-electron chi connectivity index (χ4n) is 3.94. The lowest BCUT2D eigenvalue weighted by molar-refractivity contribution is -0.138. The molecule has 3 rings (SSSR count). The van der Waals surface area contributed by atoms with Crippen molar-refractivity contribution in [2.45, 2.75) is 37.6 Å². The molecule has 2 aromatic rings. The van der Waals surface area contributed by atoms with E-state index in [1.54, 1.807) is 24.6 Å². The molecule has 1 N–H and O–H groups in total. The highest BCUT2D eigenvalue weighted by atomic mass is 32.1. The van der Waals surface area contributed by atoms with Gasteiger partial charge in [-0.05, 0) is 24.3 Å². The summed E-state index contributed by atoms with van der Waals surface area (Å²) in [5.41, 5.74) is -0.724. The number of carbonyl (C=O) groups excluding carboxylic acids is 3. The van der Waals surface area contributed by atoms with Crippen molar-refractivity contribution in [3.63, 3.8) is 0 Å². The minimum Gasteiger partial charge on any atom is -0.493 e. The zero-order valence-electron chi connectivity index (χ0n) is 19.4. The molecule has 1 aliphatic carbocycles. The molecule has 1 heterocycles. The van der Waals surface area contributed by atoms with E-state index in [2.05, 4.69) is 11.4 Å². The molecule has 180 valence electrons. The number of hydrogen-bond donors (Lipinski definition) is 1. The van der Waals surface area contributed by atoms with Crippen molar-refractivity contribution < 1.29 is 28.6 Å². The van der Waals surface area contributed by atoms with E-state index in [0.717, 1.165) is 19.3 Å². The van der Waals surface area contributed by atoms with Gasteiger partial charge in [0.05, 0.1) is 36.4 Å². The molecule has 0 bridgehead atoms. The van der Waals surface area contributed by atoms with Crippen LogP contribution in [0.4, 0.5) is 5.69 Å². The van der Waals surface area contributed by atoms with E-state index < -0.39 is 29.9 Å². The minimum absolute atomic E-state index is 0.00525. The van der Waals surface area contributed by atoms with E-state index in [9.17, 15) is 19.6 Å². The van der Waals surface area contributed by atoms with Gasteiger partial charge in [-0.1, -0.05) is 25.3 Å². The van der Waals surface area contributed by atoms with Crippen LogP contribution in [0, 0.1) is 11.3 Å². The van der Waals surface area contributed by atoms with Crippen LogP contribution in [0.2, 0.25) is 0 Å². The number of likely N-dealkylation sites (N-methyl/N-ethyl adjacent to an activating group) is 1. The number of nitrogens with zero attached hydrogens (tertiary/aromatic N) is 2. The van der Waals surface area contributed by atoms with Crippen LogP contribution in [-0.4, -0.2) is 56.1 Å². The summed E-state index contributed by atoms with van der Waals surface area (Å²) in [6.45, 7) is -0.536. The smallest absolute Gasteiger partial charge is 0.340 e. The number of carbonyl (C=O) groups is 3. The Morgan fingerprint density at radius 1 is 1.15 bits per heavy atom. The van der Waals surface area contributed by atoms with Gasteiger partial charge in [-0.3, -0.25) is 9.59 Å². The Bertz CT molecular complexity index is 1090. The predicted octanol–water partition coefficient (Wildman–Crippen LogP) is 3.86. The molecule has 1 saturated carbocycles. The SMILES string of the molecule is COc1cc(NC(=O)c2cccs2)c(C(=O)OCC(=O)N(C)C2(C#N)CCCCC2)cc1OC. The Morgan fingerprint density at radius 2 is 1.82 bits per heavy atom. The first-order chi connectivity index (χ1) is 16.3. The van der Waals surface area contributed by atoms with Crippen molar-refractivity contribution in [2.24, 2.45) is 0 Å². The van der Waals surface area contributed by atoms with Gasteiger partial charge in [0.2, 0.25) is 0 Å². The highest BCUT2D eigenvalue weighted by molar-refractivity contribution is 7.12. The molecule has 34 heavy (non-hydrogen) atoms. The number of nitrogens with one attached hydrogen (secondary N) is 1. The van der Waals surface area contributed by atoms with Gasteiger partial charge in [0.1, 0.15) is 5.54 Å². The van der Waals surface area contributed by atoms with Gasteiger partial charge in [-0.2, -0.15) is 5.26 Å². The molecule has 0 radical (unpaired) electrons. The van der Waals surface area contributed by atoms with Crippen molar-refractivity contribution in [3.8, 4) is 17.6 Å². The molecule has 0 aliphatic heterocycles. The van der Waals surface area contributed by atoms with E-state index in [1.807, 2.05) is 0 Å². The number of ether oxygens (including phenoxy) is 3. The van der Waals surface area contributed by atoms with E-state index >= 15 is 0 Å². The first-order valence-corrected chi connectivity index (χ1v) is 11.7. The largest absolute Gasteiger partial charge is 0.493 e. The average molecular weight is 486 g/mol. The Labute approximate surface area is 202 Å². The van der Waals surface area contributed by atoms with Crippen molar-refractivity contribution in [2.75, 3.05) is 33.2 Å². The number of esters is 1. The standard InChI is InChI=1S/C24H27N3O6S/c1-27(24(15-25)9-5-4-6-10-24)21(28)14-33-23(30)16-12-18(31-2)19(32-3)13-17(16)26-22(29)20-8-7-11-34-20/h7-8,11-13H,4-6,9-10,14H2,1-3H3,(H,26,29). The van der Waals surface area contributed by atoms with E-state index in [0.29, 0.717) is 23.5 Å². The molecule has 2 amide bonds. The number of benzene rings is 1. The van der Waals surface area contributed by atoms with Crippen LogP contribution in [-0.2, 0) is 9.53 Å². The lowest BCUT2D eigenvalue weighted by Gasteiger charge is -2.38. The second-order valence-corrected chi connectivity index (χ2v) is 8.86. The van der Waals surface area contributed by atoms with Crippen LogP contribution in [0.5, 0.6) is 11.5 Å². The topological polar surface area (TPSA) is 118 Å². The van der Waals surface area contributed by atoms with Gasteiger partial charge in [-0.15, -0.1) is 11.3 Å². The van der Waals surface area contributed by atoms with Crippen molar-refractivity contribution in [1.29, 1.82) is 5.26 Å². The van der Waals surface area contributed by atoms with Gasteiger partial charge >= 0.3 is 5.97 Å². The van der Waals surface area contributed by atoms with Gasteiger partial charge < -0.3 is 24.4 Å². The number of thiophene rings is 1. The third-order valence-electron chi connectivity index (χ3n) is 5.97. The number of hydrogen-bond acceptors (Lipinski definition) is 8. The fraction of sp³-hybridized carbons (Fsp3) is 0.417. The Morgan fingerprint density at radius 3 is 2.41 bits per heavy atom. The number of amides is 2. The van der Waals surface area contributed by atoms with Crippen LogP contribution < -0.4 is 14.8 Å². The molecule has 0 atom stereocenters. The van der Waals surface area contributed by atoms with E-state index in [-0.39, 0.29) is 17.0 Å². The predicted molar refractivity (Wildman–Crippen MR) is 126 cm³/mol. The molecule has 1 aromatic carbocycles. The third kappa shape index (κ3) is 5.31. The Hall–Kier alpha value is -3.58. The average Bonchev–Trinajstić information content (AvgIpc) is 3.42. The number of methoxy groups -OCH3 is 2. The van der Waals surface area contributed by atoms with Gasteiger partial charge in [0.15, 0.2) is 18.1 Å². The van der Waals surface area contributed by atoms with E-state index in [4.69, 9.17) is 14.2 Å². The number of rotatable bonds is 8. The van der Waals surface area contributed by atoms with Crippen molar-refractivity contribution >= 4 is 34.8 Å². The van der Waals surface area contributed by atoms with Crippen LogP contribution in [0.25, 0.3) is 0 Å². The molecule has 1 aromatic heterocycles. The molecule has 10 heteroatoms. The molecule has 0 unspecified atom stereocenters. The second kappa shape index (κ2) is 11.0. The van der Waals surface area contributed by atoms with Crippen LogP contribution in [0.15, 0.2) is 29.6 Å². The molecular formula is C24H27N3O6S.